The van der Waals surface area contributed by atoms with Crippen molar-refractivity contribution < 1.29 is 24.5 Å². The van der Waals surface area contributed by atoms with E-state index in [1.807, 2.05) is 24.3 Å². The van der Waals surface area contributed by atoms with Crippen molar-refractivity contribution >= 4 is 23.1 Å². The Balaban J connectivity index is 0.963. The normalized spacial score (nSPS) is 22.1. The van der Waals surface area contributed by atoms with Gasteiger partial charge in [0, 0.05) is 25.6 Å². The lowest BCUT2D eigenvalue weighted by molar-refractivity contribution is -0.0341. The summed E-state index contributed by atoms with van der Waals surface area (Å²) in [6, 6.07) is 16.4. The average Bonchev–Trinajstić information content (AvgIpc) is 3.61. The number of imidazole rings is 1. The standard InChI is InChI=1S/C27H29N7O5/c28-24-21-25(32-13-31-24)34(14-33-21)26-23(36)22(35)20(39-26)11-29-9-10-30-27(37)38-12-19-17-7-3-1-5-15(17)16-6-2-4-8-18(16)19/h1-8,13-14,19-20,22-23,26,29,35-36H,9-12H2,(H,30,37)(H2,28,31,32)/t20-,22-,23-,26-/m1/s1. The van der Waals surface area contributed by atoms with Gasteiger partial charge in [0.05, 0.1) is 6.33 Å². The molecule has 6 rings (SSSR count). The van der Waals surface area contributed by atoms with Crippen LogP contribution in [0.2, 0.25) is 0 Å². The summed E-state index contributed by atoms with van der Waals surface area (Å²) >= 11 is 0. The highest BCUT2D eigenvalue weighted by Gasteiger charge is 2.44. The van der Waals surface area contributed by atoms with Crippen LogP contribution in [0, 0.1) is 0 Å². The largest absolute Gasteiger partial charge is 0.449 e. The Hall–Kier alpha value is -4.10. The van der Waals surface area contributed by atoms with Crippen LogP contribution in [0.5, 0.6) is 0 Å². The minimum atomic E-state index is -1.19. The summed E-state index contributed by atoms with van der Waals surface area (Å²) in [5.41, 5.74) is 11.3. The van der Waals surface area contributed by atoms with E-state index in [0.717, 1.165) is 11.1 Å². The zero-order valence-corrected chi connectivity index (χ0v) is 21.0. The smallest absolute Gasteiger partial charge is 0.407 e. The van der Waals surface area contributed by atoms with Crippen LogP contribution in [-0.4, -0.2) is 80.4 Å². The minimum Gasteiger partial charge on any atom is -0.449 e. The first kappa shape index (κ1) is 25.2. The highest BCUT2D eigenvalue weighted by Crippen LogP contribution is 2.44. The van der Waals surface area contributed by atoms with Crippen molar-refractivity contribution in [2.24, 2.45) is 0 Å². The van der Waals surface area contributed by atoms with Crippen molar-refractivity contribution in [3.8, 4) is 11.1 Å². The molecule has 2 aromatic heterocycles. The number of nitrogens with one attached hydrogen (secondary N) is 2. The van der Waals surface area contributed by atoms with Crippen molar-refractivity contribution in [2.75, 3.05) is 32.0 Å². The molecule has 0 unspecified atom stereocenters. The van der Waals surface area contributed by atoms with Gasteiger partial charge in [0.2, 0.25) is 0 Å². The van der Waals surface area contributed by atoms with Gasteiger partial charge in [-0.3, -0.25) is 4.57 Å². The first-order chi connectivity index (χ1) is 19.0. The number of aromatic nitrogens is 4. The fourth-order valence-corrected chi connectivity index (χ4v) is 5.33. The van der Waals surface area contributed by atoms with Gasteiger partial charge in [-0.1, -0.05) is 48.5 Å². The predicted octanol–water partition coefficient (Wildman–Crippen LogP) is 1.16. The number of fused-ring (bicyclic) bond motifs is 4. The highest BCUT2D eigenvalue weighted by molar-refractivity contribution is 5.81. The van der Waals surface area contributed by atoms with Crippen molar-refractivity contribution in [3.05, 3.63) is 72.3 Å². The molecule has 0 saturated carbocycles. The number of benzene rings is 2. The van der Waals surface area contributed by atoms with Crippen molar-refractivity contribution in [1.29, 1.82) is 0 Å². The molecule has 0 bridgehead atoms. The Labute approximate surface area is 223 Å². The van der Waals surface area contributed by atoms with Crippen LogP contribution in [0.4, 0.5) is 10.6 Å². The summed E-state index contributed by atoms with van der Waals surface area (Å²) in [5.74, 6) is 0.214. The maximum absolute atomic E-state index is 12.4. The van der Waals surface area contributed by atoms with Gasteiger partial charge >= 0.3 is 6.09 Å². The third kappa shape index (κ3) is 4.68. The molecule has 1 aliphatic heterocycles. The summed E-state index contributed by atoms with van der Waals surface area (Å²) in [6.07, 6.45) is -1.64. The quantitative estimate of drug-likeness (QED) is 0.208. The number of rotatable bonds is 8. The molecule has 6 N–H and O–H groups in total. The number of hydrogen-bond acceptors (Lipinski definition) is 10. The fraction of sp³-hybridized carbons (Fsp3) is 0.333. The summed E-state index contributed by atoms with van der Waals surface area (Å²) in [4.78, 5) is 24.6. The van der Waals surface area contributed by atoms with Crippen LogP contribution in [0.25, 0.3) is 22.3 Å². The molecule has 1 amide bonds. The van der Waals surface area contributed by atoms with Gasteiger partial charge in [-0.2, -0.15) is 0 Å². The minimum absolute atomic E-state index is 0.00262. The van der Waals surface area contributed by atoms with Crippen LogP contribution in [0.1, 0.15) is 23.3 Å². The molecule has 1 fully saturated rings. The summed E-state index contributed by atoms with van der Waals surface area (Å²) < 4.78 is 13.0. The molecule has 202 valence electrons. The molecule has 2 aromatic carbocycles. The third-order valence-corrected chi connectivity index (χ3v) is 7.26. The Bertz CT molecular complexity index is 1450. The molecule has 3 heterocycles. The van der Waals surface area contributed by atoms with E-state index in [0.29, 0.717) is 24.3 Å². The van der Waals surface area contributed by atoms with Gasteiger partial charge in [0.25, 0.3) is 0 Å². The van der Waals surface area contributed by atoms with Gasteiger partial charge in [-0.15, -0.1) is 0 Å². The monoisotopic (exact) mass is 531 g/mol. The lowest BCUT2D eigenvalue weighted by atomic mass is 9.98. The molecule has 0 radical (unpaired) electrons. The number of aliphatic hydroxyl groups excluding tert-OH is 2. The van der Waals surface area contributed by atoms with Crippen LogP contribution >= 0.6 is 0 Å². The average molecular weight is 532 g/mol. The molecule has 1 saturated heterocycles. The van der Waals surface area contributed by atoms with E-state index in [1.54, 1.807) is 0 Å². The third-order valence-electron chi connectivity index (χ3n) is 7.26. The lowest BCUT2D eigenvalue weighted by Crippen LogP contribution is -2.40. The zero-order valence-electron chi connectivity index (χ0n) is 21.0. The number of alkyl carbamates (subject to hydrolysis) is 1. The maximum atomic E-state index is 12.4. The molecular weight excluding hydrogens is 502 g/mol. The van der Waals surface area contributed by atoms with E-state index >= 15 is 0 Å². The SMILES string of the molecule is Nc1ncnc2c1ncn2[C@@H]1O[C@H](CNCCNC(=O)OCC2c3ccccc3-c3ccccc32)[C@@H](O)[C@H]1O. The fourth-order valence-electron chi connectivity index (χ4n) is 5.33. The Morgan fingerprint density at radius 3 is 2.46 bits per heavy atom. The molecule has 1 aliphatic carbocycles. The summed E-state index contributed by atoms with van der Waals surface area (Å²) in [6.45, 7) is 1.22. The molecule has 12 nitrogen and oxygen atoms in total. The Morgan fingerprint density at radius 1 is 1.00 bits per heavy atom. The van der Waals surface area contributed by atoms with E-state index in [4.69, 9.17) is 15.2 Å². The van der Waals surface area contributed by atoms with Gasteiger partial charge in [0.1, 0.15) is 36.8 Å². The number of anilines is 1. The van der Waals surface area contributed by atoms with E-state index in [2.05, 4.69) is 49.9 Å². The van der Waals surface area contributed by atoms with E-state index in [1.165, 1.54) is 28.3 Å². The molecular formula is C27H29N7O5. The van der Waals surface area contributed by atoms with Crippen molar-refractivity contribution in [3.63, 3.8) is 0 Å². The van der Waals surface area contributed by atoms with E-state index in [9.17, 15) is 15.0 Å². The summed E-state index contributed by atoms with van der Waals surface area (Å²) in [7, 11) is 0. The first-order valence-corrected chi connectivity index (χ1v) is 12.8. The number of amides is 1. The second-order valence-corrected chi connectivity index (χ2v) is 9.59. The summed E-state index contributed by atoms with van der Waals surface area (Å²) in [5, 5.41) is 27.0. The number of nitrogen functional groups attached to an aromatic ring is 1. The van der Waals surface area contributed by atoms with Crippen LogP contribution < -0.4 is 16.4 Å². The lowest BCUT2D eigenvalue weighted by Gasteiger charge is -2.17. The molecule has 4 atom stereocenters. The zero-order chi connectivity index (χ0) is 26.9. The molecule has 12 heteroatoms. The van der Waals surface area contributed by atoms with Crippen LogP contribution in [0.15, 0.2) is 61.2 Å². The number of hydrogen-bond donors (Lipinski definition) is 5. The van der Waals surface area contributed by atoms with Gasteiger partial charge < -0.3 is 36.1 Å². The number of nitrogens with two attached hydrogens (primary N) is 1. The molecule has 39 heavy (non-hydrogen) atoms. The second kappa shape index (κ2) is 10.6. The van der Waals surface area contributed by atoms with E-state index in [-0.39, 0.29) is 24.9 Å². The number of carbonyl (C=O) groups excluding carboxylic acids is 1. The highest BCUT2D eigenvalue weighted by atomic mass is 16.6. The molecule has 0 spiro atoms. The van der Waals surface area contributed by atoms with Crippen molar-refractivity contribution in [1.82, 2.24) is 30.2 Å². The number of ether oxygens (including phenoxy) is 2. The maximum Gasteiger partial charge on any atom is 0.407 e. The molecule has 4 aromatic rings. The topological polar surface area (TPSA) is 170 Å². The first-order valence-electron chi connectivity index (χ1n) is 12.8. The van der Waals surface area contributed by atoms with Crippen LogP contribution in [-0.2, 0) is 9.47 Å². The van der Waals surface area contributed by atoms with Gasteiger partial charge in [-0.05, 0) is 22.3 Å². The number of aliphatic hydroxyl groups is 2. The number of carbonyl (C=O) groups is 1. The Kier molecular flexibility index (Phi) is 6.83. The van der Waals surface area contributed by atoms with Gasteiger partial charge in [-0.25, -0.2) is 19.7 Å². The number of nitrogens with zero attached hydrogens (tertiary/aromatic N) is 4. The van der Waals surface area contributed by atoms with Crippen LogP contribution in [0.3, 0.4) is 0 Å². The van der Waals surface area contributed by atoms with E-state index < -0.39 is 30.6 Å². The van der Waals surface area contributed by atoms with Gasteiger partial charge in [0.15, 0.2) is 17.7 Å². The predicted molar refractivity (Wildman–Crippen MR) is 142 cm³/mol. The Morgan fingerprint density at radius 2 is 1.72 bits per heavy atom. The second-order valence-electron chi connectivity index (χ2n) is 9.59. The van der Waals surface area contributed by atoms with Crippen molar-refractivity contribution in [2.45, 2.75) is 30.5 Å². The molecule has 2 aliphatic rings.